The molecule has 2 aromatic rings. The average molecular weight is 438 g/mol. The zero-order valence-corrected chi connectivity index (χ0v) is 17.0. The minimum absolute atomic E-state index is 0.0192. The van der Waals surface area contributed by atoms with E-state index in [9.17, 15) is 27.6 Å². The van der Waals surface area contributed by atoms with E-state index in [0.29, 0.717) is 0 Å². The molecular weight excluding hydrogens is 417 g/mol. The summed E-state index contributed by atoms with van der Waals surface area (Å²) in [5.41, 5.74) is -3.72. The molecule has 1 amide bonds. The van der Waals surface area contributed by atoms with Gasteiger partial charge in [0.15, 0.2) is 5.78 Å². The van der Waals surface area contributed by atoms with Gasteiger partial charge in [0.1, 0.15) is 5.75 Å². The summed E-state index contributed by atoms with van der Waals surface area (Å²) in [6, 6.07) is 10.6. The molecule has 31 heavy (non-hydrogen) atoms. The van der Waals surface area contributed by atoms with Crippen LogP contribution in [0.2, 0.25) is 0 Å². The van der Waals surface area contributed by atoms with Gasteiger partial charge in [-0.1, -0.05) is 12.1 Å². The number of carbonyl (C=O) groups is 3. The molecule has 166 valence electrons. The van der Waals surface area contributed by atoms with Crippen molar-refractivity contribution in [2.75, 3.05) is 19.0 Å². The molecule has 0 saturated heterocycles. The standard InChI is InChI=1S/C21H21F3N2O5/c1-4-31-19(29)20(21(22,23)24,25-15-11-9-14(10-12-15)13(2)27)26-18(28)16-7-5-6-8-17(16)30-3/h5-12,25H,4H2,1-3H3,(H,26,28)/t20-/m1/s1. The highest BCUT2D eigenvalue weighted by atomic mass is 19.4. The molecule has 0 aliphatic carbocycles. The number of amides is 1. The van der Waals surface area contributed by atoms with Gasteiger partial charge in [0, 0.05) is 11.3 Å². The lowest BCUT2D eigenvalue weighted by molar-refractivity contribution is -0.204. The van der Waals surface area contributed by atoms with E-state index in [1.165, 1.54) is 69.5 Å². The predicted octanol–water partition coefficient (Wildman–Crippen LogP) is 3.56. The van der Waals surface area contributed by atoms with Crippen LogP contribution in [0, 0.1) is 0 Å². The van der Waals surface area contributed by atoms with Crippen LogP contribution in [0.3, 0.4) is 0 Å². The second kappa shape index (κ2) is 9.50. The molecule has 0 unspecified atom stereocenters. The molecule has 0 bridgehead atoms. The Balaban J connectivity index is 2.53. The summed E-state index contributed by atoms with van der Waals surface area (Å²) in [6.07, 6.45) is -5.30. The number of anilines is 1. The summed E-state index contributed by atoms with van der Waals surface area (Å²) < 4.78 is 52.4. The maximum atomic E-state index is 14.2. The Morgan fingerprint density at radius 2 is 1.61 bits per heavy atom. The fraction of sp³-hybridized carbons (Fsp3) is 0.286. The van der Waals surface area contributed by atoms with Gasteiger partial charge in [0.2, 0.25) is 0 Å². The number of alkyl halides is 3. The first kappa shape index (κ1) is 23.7. The van der Waals surface area contributed by atoms with Gasteiger partial charge in [-0.05, 0) is 50.2 Å². The molecule has 0 radical (unpaired) electrons. The van der Waals surface area contributed by atoms with Crippen LogP contribution in [0.1, 0.15) is 34.6 Å². The smallest absolute Gasteiger partial charge is 0.441 e. The maximum absolute atomic E-state index is 14.2. The SMILES string of the molecule is CCOC(=O)[C@](NC(=O)c1ccccc1OC)(Nc1ccc(C(C)=O)cc1)C(F)(F)F. The van der Waals surface area contributed by atoms with Crippen molar-refractivity contribution in [1.82, 2.24) is 5.32 Å². The zero-order chi connectivity index (χ0) is 23.2. The number of Topliss-reactive ketones (excluding diaryl/α,β-unsaturated/α-hetero) is 1. The van der Waals surface area contributed by atoms with E-state index in [2.05, 4.69) is 4.74 Å². The quantitative estimate of drug-likeness (QED) is 0.372. The fourth-order valence-corrected chi connectivity index (χ4v) is 2.70. The minimum atomic E-state index is -5.30. The number of rotatable bonds is 8. The largest absolute Gasteiger partial charge is 0.496 e. The molecule has 2 N–H and O–H groups in total. The Hall–Kier alpha value is -3.56. The lowest BCUT2D eigenvalue weighted by atomic mass is 10.1. The molecule has 0 aliphatic rings. The molecule has 1 atom stereocenters. The van der Waals surface area contributed by atoms with Crippen LogP contribution < -0.4 is 15.4 Å². The molecule has 0 aliphatic heterocycles. The van der Waals surface area contributed by atoms with E-state index >= 15 is 0 Å². The van der Waals surface area contributed by atoms with Gasteiger partial charge in [0.25, 0.3) is 5.91 Å². The number of halogens is 3. The molecule has 0 heterocycles. The van der Waals surface area contributed by atoms with E-state index < -0.39 is 23.7 Å². The Kier molecular flexibility index (Phi) is 7.27. The summed E-state index contributed by atoms with van der Waals surface area (Å²) in [7, 11) is 1.25. The van der Waals surface area contributed by atoms with Gasteiger partial charge in [-0.25, -0.2) is 4.79 Å². The van der Waals surface area contributed by atoms with E-state index in [0.717, 1.165) is 0 Å². The van der Waals surface area contributed by atoms with Crippen LogP contribution in [0.15, 0.2) is 48.5 Å². The lowest BCUT2D eigenvalue weighted by Crippen LogP contribution is -2.69. The highest BCUT2D eigenvalue weighted by molar-refractivity contribution is 6.01. The molecule has 0 fully saturated rings. The third-order valence-electron chi connectivity index (χ3n) is 4.28. The van der Waals surface area contributed by atoms with E-state index in [-0.39, 0.29) is 35.0 Å². The van der Waals surface area contributed by atoms with E-state index in [1.54, 1.807) is 5.32 Å². The van der Waals surface area contributed by atoms with Crippen LogP contribution in [0.4, 0.5) is 18.9 Å². The van der Waals surface area contributed by atoms with Gasteiger partial charge in [-0.3, -0.25) is 9.59 Å². The second-order valence-electron chi connectivity index (χ2n) is 6.38. The number of esters is 1. The van der Waals surface area contributed by atoms with Gasteiger partial charge >= 0.3 is 17.8 Å². The molecule has 0 saturated carbocycles. The van der Waals surface area contributed by atoms with Crippen molar-refractivity contribution in [3.8, 4) is 5.75 Å². The van der Waals surface area contributed by atoms with Crippen molar-refractivity contribution in [3.05, 3.63) is 59.7 Å². The van der Waals surface area contributed by atoms with Crippen LogP contribution in [0.25, 0.3) is 0 Å². The Bertz CT molecular complexity index is 960. The number of carbonyl (C=O) groups excluding carboxylic acids is 3. The number of benzene rings is 2. The van der Waals surface area contributed by atoms with Gasteiger partial charge in [-0.2, -0.15) is 13.2 Å². The van der Waals surface area contributed by atoms with Crippen LogP contribution in [-0.2, 0) is 9.53 Å². The number of para-hydroxylation sites is 1. The first-order valence-electron chi connectivity index (χ1n) is 9.14. The number of ketones is 1. The Morgan fingerprint density at radius 1 is 1.00 bits per heavy atom. The third kappa shape index (κ3) is 5.14. The molecule has 10 heteroatoms. The average Bonchev–Trinajstić information content (AvgIpc) is 2.72. The van der Waals surface area contributed by atoms with Crippen molar-refractivity contribution in [3.63, 3.8) is 0 Å². The first-order chi connectivity index (χ1) is 14.6. The molecule has 2 rings (SSSR count). The third-order valence-corrected chi connectivity index (χ3v) is 4.28. The normalized spacial score (nSPS) is 13.0. The number of methoxy groups -OCH3 is 1. The van der Waals surface area contributed by atoms with E-state index in [4.69, 9.17) is 4.74 Å². The highest BCUT2D eigenvalue weighted by Crippen LogP contribution is 2.34. The van der Waals surface area contributed by atoms with Crippen molar-refractivity contribution in [2.45, 2.75) is 25.7 Å². The molecule has 0 spiro atoms. The fourth-order valence-electron chi connectivity index (χ4n) is 2.70. The predicted molar refractivity (Wildman–Crippen MR) is 106 cm³/mol. The summed E-state index contributed by atoms with van der Waals surface area (Å²) in [6.45, 7) is 2.28. The van der Waals surface area contributed by atoms with Gasteiger partial charge in [0.05, 0.1) is 19.3 Å². The number of nitrogens with one attached hydrogen (secondary N) is 2. The minimum Gasteiger partial charge on any atom is -0.496 e. The highest BCUT2D eigenvalue weighted by Gasteiger charge is 2.63. The molecule has 0 aromatic heterocycles. The van der Waals surface area contributed by atoms with Gasteiger partial charge in [-0.15, -0.1) is 0 Å². The van der Waals surface area contributed by atoms with Crippen LogP contribution in [0.5, 0.6) is 5.75 Å². The number of ether oxygens (including phenoxy) is 2. The van der Waals surface area contributed by atoms with Crippen LogP contribution >= 0.6 is 0 Å². The summed E-state index contributed by atoms with van der Waals surface area (Å²) in [5, 5.41) is 3.77. The topological polar surface area (TPSA) is 93.7 Å². The van der Waals surface area contributed by atoms with Gasteiger partial charge < -0.3 is 20.1 Å². The van der Waals surface area contributed by atoms with Crippen molar-refractivity contribution < 1.29 is 37.0 Å². The maximum Gasteiger partial charge on any atom is 0.441 e. The number of hydrogen-bond acceptors (Lipinski definition) is 6. The number of hydrogen-bond donors (Lipinski definition) is 2. The second-order valence-corrected chi connectivity index (χ2v) is 6.38. The van der Waals surface area contributed by atoms with Crippen LogP contribution in [-0.4, -0.2) is 43.2 Å². The Labute approximate surface area is 176 Å². The zero-order valence-electron chi connectivity index (χ0n) is 17.0. The van der Waals surface area contributed by atoms with Crippen molar-refractivity contribution in [2.24, 2.45) is 0 Å². The molecular formula is C21H21F3N2O5. The summed E-state index contributed by atoms with van der Waals surface area (Å²) in [5.74, 6) is -3.23. The summed E-state index contributed by atoms with van der Waals surface area (Å²) in [4.78, 5) is 36.7. The van der Waals surface area contributed by atoms with E-state index in [1.807, 2.05) is 5.32 Å². The van der Waals surface area contributed by atoms with Crippen molar-refractivity contribution in [1.29, 1.82) is 0 Å². The lowest BCUT2D eigenvalue weighted by Gasteiger charge is -2.35. The molecule has 7 nitrogen and oxygen atoms in total. The Morgan fingerprint density at radius 3 is 2.13 bits per heavy atom. The summed E-state index contributed by atoms with van der Waals surface area (Å²) >= 11 is 0. The molecule has 2 aromatic carbocycles. The van der Waals surface area contributed by atoms with Crippen molar-refractivity contribution >= 4 is 23.3 Å². The monoisotopic (exact) mass is 438 g/mol. The first-order valence-corrected chi connectivity index (χ1v) is 9.14.